The number of hydrogen-bond acceptors (Lipinski definition) is 3. The van der Waals surface area contributed by atoms with Crippen LogP contribution in [0.2, 0.25) is 0 Å². The van der Waals surface area contributed by atoms with Crippen LogP contribution in [0.5, 0.6) is 0 Å². The van der Waals surface area contributed by atoms with Crippen LogP contribution in [0, 0.1) is 11.1 Å². The van der Waals surface area contributed by atoms with E-state index in [1.54, 1.807) is 0 Å². The van der Waals surface area contributed by atoms with Crippen molar-refractivity contribution in [1.82, 2.24) is 4.98 Å². The molecule has 4 heteroatoms. The number of rotatable bonds is 2. The van der Waals surface area contributed by atoms with Crippen molar-refractivity contribution in [2.75, 3.05) is 5.06 Å². The number of Topliss-reactive ketones (excluding diaryl/α,β-unsaturated/α-hetero) is 1. The molecular formula is C15H17N2O2-. The Balaban J connectivity index is 2.11. The van der Waals surface area contributed by atoms with Gasteiger partial charge in [0.1, 0.15) is 0 Å². The monoisotopic (exact) mass is 257 g/mol. The Bertz CT molecular complexity index is 630. The number of hydroxylamine groups is 1. The highest BCUT2D eigenvalue weighted by Gasteiger charge is 2.29. The standard InChI is InChI=1S/C15H17N2O2/c1-9(2)5-13-14(18)6-10-3-4-11-7-16-8-12(11)15(10)17(13)19/h3-4,7-9,13,16H,5-6H2,1-2H3/q-1. The number of carbonyl (C=O) groups is 1. The van der Waals surface area contributed by atoms with Gasteiger partial charge in [-0.05, 0) is 17.9 Å². The highest BCUT2D eigenvalue weighted by atomic mass is 16.5. The van der Waals surface area contributed by atoms with Crippen LogP contribution in [0.25, 0.3) is 10.8 Å². The lowest BCUT2D eigenvalue weighted by Gasteiger charge is -2.44. The van der Waals surface area contributed by atoms with E-state index in [4.69, 9.17) is 0 Å². The predicted molar refractivity (Wildman–Crippen MR) is 76.1 cm³/mol. The van der Waals surface area contributed by atoms with Gasteiger partial charge in [-0.25, -0.2) is 0 Å². The van der Waals surface area contributed by atoms with E-state index in [0.29, 0.717) is 24.4 Å². The quantitative estimate of drug-likeness (QED) is 0.899. The van der Waals surface area contributed by atoms with Crippen LogP contribution in [0.3, 0.4) is 0 Å². The van der Waals surface area contributed by atoms with Gasteiger partial charge in [0, 0.05) is 35.3 Å². The molecule has 0 saturated carbocycles. The Morgan fingerprint density at radius 2 is 2.21 bits per heavy atom. The zero-order valence-electron chi connectivity index (χ0n) is 11.1. The summed E-state index contributed by atoms with van der Waals surface area (Å²) in [6.07, 6.45) is 4.69. The molecule has 0 bridgehead atoms. The predicted octanol–water partition coefficient (Wildman–Crippen LogP) is 3.01. The number of fused-ring (bicyclic) bond motifs is 3. The number of nitrogens with one attached hydrogen (secondary N) is 1. The first-order valence-corrected chi connectivity index (χ1v) is 6.65. The number of carbonyl (C=O) groups excluding carboxylic acids is 1. The summed E-state index contributed by atoms with van der Waals surface area (Å²) in [5.74, 6) is 0.364. The minimum atomic E-state index is -0.534. The van der Waals surface area contributed by atoms with E-state index in [9.17, 15) is 10.0 Å². The minimum Gasteiger partial charge on any atom is -0.758 e. The molecule has 0 aliphatic carbocycles. The van der Waals surface area contributed by atoms with Gasteiger partial charge in [-0.2, -0.15) is 0 Å². The van der Waals surface area contributed by atoms with Gasteiger partial charge < -0.3 is 15.3 Å². The molecule has 1 atom stereocenters. The Hall–Kier alpha value is -1.81. The van der Waals surface area contributed by atoms with E-state index < -0.39 is 6.04 Å². The molecule has 4 nitrogen and oxygen atoms in total. The summed E-state index contributed by atoms with van der Waals surface area (Å²) in [6.45, 7) is 4.07. The normalized spacial score (nSPS) is 19.3. The van der Waals surface area contributed by atoms with E-state index in [-0.39, 0.29) is 5.78 Å². The Morgan fingerprint density at radius 1 is 1.42 bits per heavy atom. The highest BCUT2D eigenvalue weighted by Crippen LogP contribution is 2.36. The fourth-order valence-electron chi connectivity index (χ4n) is 2.83. The fraction of sp³-hybridized carbons (Fsp3) is 0.400. The molecule has 1 aromatic heterocycles. The zero-order valence-corrected chi connectivity index (χ0v) is 11.1. The summed E-state index contributed by atoms with van der Waals surface area (Å²) in [5.41, 5.74) is 1.51. The van der Waals surface area contributed by atoms with Crippen LogP contribution in [0.4, 0.5) is 5.69 Å². The van der Waals surface area contributed by atoms with Crippen molar-refractivity contribution >= 4 is 22.2 Å². The van der Waals surface area contributed by atoms with E-state index in [2.05, 4.69) is 4.98 Å². The smallest absolute Gasteiger partial charge is 0.158 e. The van der Waals surface area contributed by atoms with Crippen LogP contribution >= 0.6 is 0 Å². The number of H-pyrrole nitrogens is 1. The van der Waals surface area contributed by atoms with Crippen LogP contribution < -0.4 is 5.06 Å². The van der Waals surface area contributed by atoms with Crippen molar-refractivity contribution in [3.8, 4) is 0 Å². The lowest BCUT2D eigenvalue weighted by Crippen LogP contribution is -2.43. The second kappa shape index (κ2) is 4.38. The fourth-order valence-corrected chi connectivity index (χ4v) is 2.83. The van der Waals surface area contributed by atoms with E-state index in [1.165, 1.54) is 0 Å². The Morgan fingerprint density at radius 3 is 2.95 bits per heavy atom. The van der Waals surface area contributed by atoms with E-state index in [0.717, 1.165) is 21.4 Å². The third kappa shape index (κ3) is 1.92. The molecule has 1 aliphatic rings. The first-order chi connectivity index (χ1) is 9.08. The summed E-state index contributed by atoms with van der Waals surface area (Å²) in [7, 11) is 0. The lowest BCUT2D eigenvalue weighted by molar-refractivity contribution is -0.120. The first-order valence-electron chi connectivity index (χ1n) is 6.65. The summed E-state index contributed by atoms with van der Waals surface area (Å²) < 4.78 is 0. The molecule has 100 valence electrons. The van der Waals surface area contributed by atoms with Gasteiger partial charge in [0.15, 0.2) is 5.78 Å². The summed E-state index contributed by atoms with van der Waals surface area (Å²) >= 11 is 0. The van der Waals surface area contributed by atoms with Crippen molar-refractivity contribution in [1.29, 1.82) is 0 Å². The van der Waals surface area contributed by atoms with Crippen molar-refractivity contribution in [2.45, 2.75) is 32.7 Å². The molecule has 1 aromatic carbocycles. The van der Waals surface area contributed by atoms with E-state index in [1.807, 2.05) is 38.4 Å². The van der Waals surface area contributed by atoms with Crippen LogP contribution in [-0.4, -0.2) is 16.8 Å². The van der Waals surface area contributed by atoms with Gasteiger partial charge in [-0.3, -0.25) is 4.79 Å². The Kier molecular flexibility index (Phi) is 2.82. The van der Waals surface area contributed by atoms with Gasteiger partial charge in [-0.15, -0.1) is 0 Å². The third-order valence-corrected chi connectivity index (χ3v) is 3.74. The van der Waals surface area contributed by atoms with Gasteiger partial charge in [0.2, 0.25) is 0 Å². The van der Waals surface area contributed by atoms with Gasteiger partial charge in [0.25, 0.3) is 0 Å². The lowest BCUT2D eigenvalue weighted by atomic mass is 9.90. The average molecular weight is 257 g/mol. The Labute approximate surface area is 112 Å². The number of nitrogens with zero attached hydrogens (tertiary/aromatic N) is 1. The topological polar surface area (TPSA) is 59.2 Å². The molecule has 3 rings (SSSR count). The van der Waals surface area contributed by atoms with Crippen molar-refractivity contribution in [3.63, 3.8) is 0 Å². The minimum absolute atomic E-state index is 0.0334. The second-order valence-electron chi connectivity index (χ2n) is 5.65. The SMILES string of the molecule is CC(C)CC1C(=O)Cc2ccc3c[nH]cc3c2N1[O-]. The number of hydrogen-bond donors (Lipinski definition) is 1. The average Bonchev–Trinajstić information content (AvgIpc) is 2.81. The maximum Gasteiger partial charge on any atom is 0.158 e. The van der Waals surface area contributed by atoms with Crippen molar-refractivity contribution in [3.05, 3.63) is 35.3 Å². The molecule has 0 spiro atoms. The largest absolute Gasteiger partial charge is 0.758 e. The zero-order chi connectivity index (χ0) is 13.6. The number of aromatic amines is 1. The summed E-state index contributed by atoms with van der Waals surface area (Å²) in [5, 5.41) is 15.4. The molecule has 2 aromatic rings. The van der Waals surface area contributed by atoms with Crippen LogP contribution in [0.15, 0.2) is 24.5 Å². The van der Waals surface area contributed by atoms with E-state index >= 15 is 0 Å². The van der Waals surface area contributed by atoms with Gasteiger partial charge >= 0.3 is 0 Å². The van der Waals surface area contributed by atoms with Crippen molar-refractivity contribution < 1.29 is 4.79 Å². The molecular weight excluding hydrogens is 240 g/mol. The maximum atomic E-state index is 12.6. The summed E-state index contributed by atoms with van der Waals surface area (Å²) in [6, 6.07) is 3.31. The molecule has 1 unspecified atom stereocenters. The molecule has 0 fully saturated rings. The number of aromatic nitrogens is 1. The van der Waals surface area contributed by atoms with Gasteiger partial charge in [0.05, 0.1) is 6.04 Å². The van der Waals surface area contributed by atoms with Crippen LogP contribution in [0.1, 0.15) is 25.8 Å². The molecule has 19 heavy (non-hydrogen) atoms. The van der Waals surface area contributed by atoms with Gasteiger partial charge in [-0.1, -0.05) is 26.0 Å². The second-order valence-corrected chi connectivity index (χ2v) is 5.65. The van der Waals surface area contributed by atoms with Crippen molar-refractivity contribution in [2.24, 2.45) is 5.92 Å². The molecule has 2 heterocycles. The number of benzene rings is 1. The number of ketones is 1. The molecule has 1 aliphatic heterocycles. The highest BCUT2D eigenvalue weighted by molar-refractivity contribution is 6.03. The third-order valence-electron chi connectivity index (χ3n) is 3.74. The first kappa shape index (κ1) is 12.2. The summed E-state index contributed by atoms with van der Waals surface area (Å²) in [4.78, 5) is 15.2. The van der Waals surface area contributed by atoms with Crippen LogP contribution in [-0.2, 0) is 11.2 Å². The molecule has 0 saturated heterocycles. The molecule has 0 amide bonds. The maximum absolute atomic E-state index is 12.6. The molecule has 1 N–H and O–H groups in total. The number of anilines is 1. The molecule has 0 radical (unpaired) electrons.